The molecule has 21 heavy (non-hydrogen) atoms. The number of hydrogen-bond acceptors (Lipinski definition) is 4. The van der Waals surface area contributed by atoms with E-state index in [1.807, 2.05) is 30.3 Å². The van der Waals surface area contributed by atoms with Gasteiger partial charge in [0.15, 0.2) is 0 Å². The van der Waals surface area contributed by atoms with Crippen LogP contribution in [0, 0.1) is 0 Å². The Morgan fingerprint density at radius 2 is 1.81 bits per heavy atom. The van der Waals surface area contributed by atoms with Crippen LogP contribution in [0.5, 0.6) is 5.75 Å². The van der Waals surface area contributed by atoms with Gasteiger partial charge >= 0.3 is 5.97 Å². The van der Waals surface area contributed by atoms with Crippen LogP contribution in [0.4, 0.5) is 0 Å². The number of carbonyl (C=O) groups is 1. The maximum absolute atomic E-state index is 11.9. The van der Waals surface area contributed by atoms with E-state index in [1.165, 1.54) is 6.20 Å². The molecule has 0 fully saturated rings. The SMILES string of the molecule is O=C1Oc2ccccc2C(O)C1=CNCc1ccccc1. The molecule has 4 heteroatoms. The summed E-state index contributed by atoms with van der Waals surface area (Å²) < 4.78 is 5.21. The highest BCUT2D eigenvalue weighted by molar-refractivity contribution is 5.93. The average Bonchev–Trinajstić information content (AvgIpc) is 2.51. The van der Waals surface area contributed by atoms with Gasteiger partial charge in [-0.2, -0.15) is 0 Å². The molecule has 0 aromatic heterocycles. The van der Waals surface area contributed by atoms with Crippen LogP contribution < -0.4 is 10.1 Å². The Labute approximate surface area is 122 Å². The van der Waals surface area contributed by atoms with Crippen LogP contribution in [-0.2, 0) is 11.3 Å². The number of hydrogen-bond donors (Lipinski definition) is 2. The number of aliphatic hydroxyl groups is 1. The lowest BCUT2D eigenvalue weighted by atomic mass is 9.99. The van der Waals surface area contributed by atoms with Gasteiger partial charge in [0.2, 0.25) is 0 Å². The third kappa shape index (κ3) is 2.80. The Balaban J connectivity index is 1.76. The van der Waals surface area contributed by atoms with Gasteiger partial charge in [-0.05, 0) is 11.6 Å². The lowest BCUT2D eigenvalue weighted by Gasteiger charge is -2.23. The van der Waals surface area contributed by atoms with Crippen molar-refractivity contribution in [2.75, 3.05) is 0 Å². The summed E-state index contributed by atoms with van der Waals surface area (Å²) in [5.41, 5.74) is 1.91. The molecule has 3 rings (SSSR count). The molecule has 0 radical (unpaired) electrons. The Hall–Kier alpha value is -2.59. The van der Waals surface area contributed by atoms with E-state index in [9.17, 15) is 9.90 Å². The second-order valence-corrected chi connectivity index (χ2v) is 4.80. The molecule has 4 nitrogen and oxygen atoms in total. The molecular formula is C17H15NO3. The molecule has 2 aromatic rings. The molecule has 0 aliphatic carbocycles. The zero-order valence-electron chi connectivity index (χ0n) is 11.3. The summed E-state index contributed by atoms with van der Waals surface area (Å²) in [6.45, 7) is 0.575. The Morgan fingerprint density at radius 1 is 1.10 bits per heavy atom. The monoisotopic (exact) mass is 281 g/mol. The molecule has 1 atom stereocenters. The predicted octanol–water partition coefficient (Wildman–Crippen LogP) is 2.31. The van der Waals surface area contributed by atoms with E-state index in [0.717, 1.165) is 5.56 Å². The van der Waals surface area contributed by atoms with Gasteiger partial charge in [-0.15, -0.1) is 0 Å². The number of carbonyl (C=O) groups excluding carboxylic acids is 1. The van der Waals surface area contributed by atoms with E-state index in [2.05, 4.69) is 5.32 Å². The van der Waals surface area contributed by atoms with Gasteiger partial charge in [0.05, 0.1) is 5.57 Å². The van der Waals surface area contributed by atoms with E-state index in [4.69, 9.17) is 4.74 Å². The summed E-state index contributed by atoms with van der Waals surface area (Å²) in [6, 6.07) is 16.8. The molecule has 0 saturated carbocycles. The predicted molar refractivity (Wildman–Crippen MR) is 78.4 cm³/mol. The van der Waals surface area contributed by atoms with Crippen LogP contribution in [0.1, 0.15) is 17.2 Å². The van der Waals surface area contributed by atoms with Crippen LogP contribution in [0.2, 0.25) is 0 Å². The maximum Gasteiger partial charge on any atom is 0.343 e. The van der Waals surface area contributed by atoms with Crippen molar-refractivity contribution in [1.82, 2.24) is 5.32 Å². The summed E-state index contributed by atoms with van der Waals surface area (Å²) >= 11 is 0. The Kier molecular flexibility index (Phi) is 3.71. The van der Waals surface area contributed by atoms with Crippen LogP contribution in [0.15, 0.2) is 66.4 Å². The fourth-order valence-corrected chi connectivity index (χ4v) is 2.25. The topological polar surface area (TPSA) is 58.6 Å². The molecule has 1 aliphatic heterocycles. The maximum atomic E-state index is 11.9. The normalized spacial score (nSPS) is 19.0. The lowest BCUT2D eigenvalue weighted by Crippen LogP contribution is -2.25. The second-order valence-electron chi connectivity index (χ2n) is 4.80. The fraction of sp³-hybridized carbons (Fsp3) is 0.118. The molecule has 2 N–H and O–H groups in total. The number of rotatable bonds is 3. The molecule has 1 unspecified atom stereocenters. The van der Waals surface area contributed by atoms with Crippen molar-refractivity contribution in [3.05, 3.63) is 77.5 Å². The van der Waals surface area contributed by atoms with Crippen molar-refractivity contribution >= 4 is 5.97 Å². The third-order valence-corrected chi connectivity index (χ3v) is 3.35. The number of ether oxygens (including phenoxy) is 1. The van der Waals surface area contributed by atoms with Crippen molar-refractivity contribution in [2.24, 2.45) is 0 Å². The quantitative estimate of drug-likeness (QED) is 0.515. The highest BCUT2D eigenvalue weighted by Gasteiger charge is 2.30. The van der Waals surface area contributed by atoms with E-state index in [1.54, 1.807) is 24.3 Å². The van der Waals surface area contributed by atoms with Gasteiger partial charge in [0, 0.05) is 18.3 Å². The minimum absolute atomic E-state index is 0.213. The van der Waals surface area contributed by atoms with Crippen LogP contribution in [0.25, 0.3) is 0 Å². The molecule has 1 aliphatic rings. The van der Waals surface area contributed by atoms with Crippen molar-refractivity contribution in [3.63, 3.8) is 0 Å². The number of esters is 1. The Bertz CT molecular complexity index is 679. The van der Waals surface area contributed by atoms with Gasteiger partial charge in [0.25, 0.3) is 0 Å². The van der Waals surface area contributed by atoms with Gasteiger partial charge in [-0.3, -0.25) is 0 Å². The summed E-state index contributed by atoms with van der Waals surface area (Å²) in [6.07, 6.45) is 0.557. The number of aliphatic hydroxyl groups excluding tert-OH is 1. The van der Waals surface area contributed by atoms with Gasteiger partial charge in [-0.1, -0.05) is 48.5 Å². The summed E-state index contributed by atoms with van der Waals surface area (Å²) in [7, 11) is 0. The lowest BCUT2D eigenvalue weighted by molar-refractivity contribution is -0.132. The number of benzene rings is 2. The molecule has 1 heterocycles. The fourth-order valence-electron chi connectivity index (χ4n) is 2.25. The van der Waals surface area contributed by atoms with E-state index < -0.39 is 12.1 Å². The molecule has 106 valence electrons. The molecule has 2 aromatic carbocycles. The van der Waals surface area contributed by atoms with Crippen LogP contribution in [-0.4, -0.2) is 11.1 Å². The average molecular weight is 281 g/mol. The summed E-state index contributed by atoms with van der Waals surface area (Å²) in [4.78, 5) is 11.9. The van der Waals surface area contributed by atoms with Crippen molar-refractivity contribution in [3.8, 4) is 5.75 Å². The molecule has 0 spiro atoms. The second kappa shape index (κ2) is 5.81. The van der Waals surface area contributed by atoms with Crippen molar-refractivity contribution in [2.45, 2.75) is 12.6 Å². The van der Waals surface area contributed by atoms with E-state index in [0.29, 0.717) is 17.9 Å². The van der Waals surface area contributed by atoms with Crippen molar-refractivity contribution < 1.29 is 14.6 Å². The first-order valence-corrected chi connectivity index (χ1v) is 6.72. The standard InChI is InChI=1S/C17H15NO3/c19-16-13-8-4-5-9-15(13)21-17(20)14(16)11-18-10-12-6-2-1-3-7-12/h1-9,11,16,18-19H,10H2. The first kappa shape index (κ1) is 13.4. The summed E-state index contributed by atoms with van der Waals surface area (Å²) in [5.74, 6) is -0.114. The van der Waals surface area contributed by atoms with E-state index in [-0.39, 0.29) is 5.57 Å². The smallest absolute Gasteiger partial charge is 0.343 e. The zero-order chi connectivity index (χ0) is 14.7. The molecule has 0 saturated heterocycles. The zero-order valence-corrected chi connectivity index (χ0v) is 11.3. The first-order chi connectivity index (χ1) is 10.3. The highest BCUT2D eigenvalue weighted by Crippen LogP contribution is 2.34. The number of fused-ring (bicyclic) bond motifs is 1. The third-order valence-electron chi connectivity index (χ3n) is 3.35. The molecule has 0 bridgehead atoms. The Morgan fingerprint density at radius 3 is 2.62 bits per heavy atom. The number of nitrogens with one attached hydrogen (secondary N) is 1. The molecular weight excluding hydrogens is 266 g/mol. The van der Waals surface area contributed by atoms with Gasteiger partial charge in [0.1, 0.15) is 11.9 Å². The van der Waals surface area contributed by atoms with E-state index >= 15 is 0 Å². The van der Waals surface area contributed by atoms with Gasteiger partial charge in [-0.25, -0.2) is 4.79 Å². The summed E-state index contributed by atoms with van der Waals surface area (Å²) in [5, 5.41) is 13.3. The minimum Gasteiger partial charge on any atom is -0.423 e. The molecule has 0 amide bonds. The minimum atomic E-state index is -0.967. The van der Waals surface area contributed by atoms with Crippen LogP contribution in [0.3, 0.4) is 0 Å². The highest BCUT2D eigenvalue weighted by atomic mass is 16.5. The first-order valence-electron chi connectivity index (χ1n) is 6.72. The van der Waals surface area contributed by atoms with Gasteiger partial charge < -0.3 is 15.2 Å². The van der Waals surface area contributed by atoms with Crippen LogP contribution >= 0.6 is 0 Å². The van der Waals surface area contributed by atoms with Crippen molar-refractivity contribution in [1.29, 1.82) is 0 Å². The largest absolute Gasteiger partial charge is 0.423 e. The number of para-hydroxylation sites is 1.